The maximum absolute atomic E-state index is 5.45. The van der Waals surface area contributed by atoms with E-state index in [1.54, 1.807) is 7.11 Å². The van der Waals surface area contributed by atoms with Gasteiger partial charge in [-0.25, -0.2) is 0 Å². The minimum absolute atomic E-state index is 0.639. The molecule has 1 heterocycles. The summed E-state index contributed by atoms with van der Waals surface area (Å²) < 4.78 is 5.45. The number of methoxy groups -OCH3 is 1. The van der Waals surface area contributed by atoms with Crippen LogP contribution in [0.4, 0.5) is 0 Å². The molecule has 1 aromatic rings. The Morgan fingerprint density at radius 3 is 2.94 bits per heavy atom. The molecule has 3 rings (SSSR count). The first-order valence-electron chi connectivity index (χ1n) is 7.25. The lowest BCUT2D eigenvalue weighted by molar-refractivity contribution is 0.256. The van der Waals surface area contributed by atoms with Gasteiger partial charge in [-0.05, 0) is 49.7 Å². The van der Waals surface area contributed by atoms with Crippen molar-refractivity contribution in [1.82, 2.24) is 5.32 Å². The van der Waals surface area contributed by atoms with Crippen LogP contribution in [0.5, 0.6) is 5.75 Å². The Morgan fingerprint density at radius 1 is 1.17 bits per heavy atom. The van der Waals surface area contributed by atoms with Crippen LogP contribution in [0.15, 0.2) is 24.3 Å². The molecular weight excluding hydrogens is 222 g/mol. The molecule has 1 aromatic carbocycles. The summed E-state index contributed by atoms with van der Waals surface area (Å²) in [6.07, 6.45) is 8.08. The molecule has 0 aromatic heterocycles. The van der Waals surface area contributed by atoms with E-state index < -0.39 is 0 Å². The van der Waals surface area contributed by atoms with Crippen molar-refractivity contribution in [2.45, 2.75) is 50.6 Å². The number of hydrogen-bond acceptors (Lipinski definition) is 2. The minimum Gasteiger partial charge on any atom is -0.496 e. The van der Waals surface area contributed by atoms with E-state index in [9.17, 15) is 0 Å². The van der Waals surface area contributed by atoms with E-state index in [2.05, 4.69) is 23.5 Å². The van der Waals surface area contributed by atoms with Gasteiger partial charge in [0.1, 0.15) is 5.75 Å². The number of para-hydroxylation sites is 1. The Morgan fingerprint density at radius 2 is 2.06 bits per heavy atom. The lowest BCUT2D eigenvalue weighted by atomic mass is 9.87. The van der Waals surface area contributed by atoms with Gasteiger partial charge < -0.3 is 10.1 Å². The number of fused-ring (bicyclic) bond motifs is 1. The topological polar surface area (TPSA) is 21.3 Å². The molecule has 1 aliphatic heterocycles. The molecule has 1 saturated carbocycles. The van der Waals surface area contributed by atoms with Crippen molar-refractivity contribution in [3.8, 4) is 5.75 Å². The number of piperidine rings is 1. The van der Waals surface area contributed by atoms with Gasteiger partial charge >= 0.3 is 0 Å². The summed E-state index contributed by atoms with van der Waals surface area (Å²) >= 11 is 0. The molecule has 0 amide bonds. The second kappa shape index (κ2) is 5.31. The normalized spacial score (nSPS) is 31.1. The molecule has 3 atom stereocenters. The number of nitrogens with one attached hydrogen (secondary N) is 1. The van der Waals surface area contributed by atoms with Crippen molar-refractivity contribution >= 4 is 0 Å². The fraction of sp³-hybridized carbons (Fsp3) is 0.625. The highest BCUT2D eigenvalue weighted by molar-refractivity contribution is 5.33. The quantitative estimate of drug-likeness (QED) is 0.883. The average Bonchev–Trinajstić information content (AvgIpc) is 2.87. The van der Waals surface area contributed by atoms with E-state index in [1.165, 1.54) is 37.7 Å². The number of benzene rings is 1. The van der Waals surface area contributed by atoms with Crippen molar-refractivity contribution in [2.24, 2.45) is 5.92 Å². The van der Waals surface area contributed by atoms with Crippen LogP contribution in [0.1, 0.15) is 37.7 Å². The zero-order valence-corrected chi connectivity index (χ0v) is 11.2. The Balaban J connectivity index is 1.66. The number of rotatable bonds is 3. The molecule has 1 saturated heterocycles. The fourth-order valence-electron chi connectivity index (χ4n) is 3.70. The largest absolute Gasteiger partial charge is 0.496 e. The highest BCUT2D eigenvalue weighted by atomic mass is 16.5. The molecule has 3 unspecified atom stereocenters. The van der Waals surface area contributed by atoms with Crippen molar-refractivity contribution < 1.29 is 4.74 Å². The lowest BCUT2D eigenvalue weighted by Gasteiger charge is -2.33. The van der Waals surface area contributed by atoms with Gasteiger partial charge in [-0.15, -0.1) is 0 Å². The average molecular weight is 245 g/mol. The SMILES string of the molecule is COc1ccccc1CC1CCC2CCCC2N1. The molecule has 2 nitrogen and oxygen atoms in total. The van der Waals surface area contributed by atoms with E-state index >= 15 is 0 Å². The van der Waals surface area contributed by atoms with Crippen LogP contribution in [0.3, 0.4) is 0 Å². The van der Waals surface area contributed by atoms with Gasteiger partial charge in [0.2, 0.25) is 0 Å². The summed E-state index contributed by atoms with van der Waals surface area (Å²) in [6.45, 7) is 0. The van der Waals surface area contributed by atoms with Gasteiger partial charge in [-0.1, -0.05) is 24.6 Å². The fourth-order valence-corrected chi connectivity index (χ4v) is 3.70. The van der Waals surface area contributed by atoms with Gasteiger partial charge in [0.25, 0.3) is 0 Å². The van der Waals surface area contributed by atoms with Crippen LogP contribution in [0.25, 0.3) is 0 Å². The van der Waals surface area contributed by atoms with Gasteiger partial charge in [-0.2, -0.15) is 0 Å². The third-order valence-corrected chi connectivity index (χ3v) is 4.65. The maximum atomic E-state index is 5.45. The molecule has 0 spiro atoms. The summed E-state index contributed by atoms with van der Waals surface area (Å²) in [5, 5.41) is 3.86. The second-order valence-corrected chi connectivity index (χ2v) is 5.75. The van der Waals surface area contributed by atoms with E-state index in [1.807, 2.05) is 6.07 Å². The molecule has 2 heteroatoms. The minimum atomic E-state index is 0.639. The van der Waals surface area contributed by atoms with Gasteiger partial charge in [0.15, 0.2) is 0 Å². The monoisotopic (exact) mass is 245 g/mol. The first-order chi connectivity index (χ1) is 8.86. The zero-order chi connectivity index (χ0) is 12.4. The van der Waals surface area contributed by atoms with E-state index in [0.717, 1.165) is 24.1 Å². The molecule has 98 valence electrons. The van der Waals surface area contributed by atoms with Crippen LogP contribution in [0, 0.1) is 5.92 Å². The predicted molar refractivity (Wildman–Crippen MR) is 74.0 cm³/mol. The van der Waals surface area contributed by atoms with Gasteiger partial charge in [0, 0.05) is 12.1 Å². The van der Waals surface area contributed by atoms with E-state index in [4.69, 9.17) is 4.74 Å². The summed E-state index contributed by atoms with van der Waals surface area (Å²) in [6, 6.07) is 9.85. The molecule has 1 aliphatic carbocycles. The lowest BCUT2D eigenvalue weighted by Crippen LogP contribution is -2.46. The van der Waals surface area contributed by atoms with Crippen molar-refractivity contribution in [1.29, 1.82) is 0 Å². The van der Waals surface area contributed by atoms with Crippen molar-refractivity contribution in [3.05, 3.63) is 29.8 Å². The summed E-state index contributed by atoms with van der Waals surface area (Å²) in [5.41, 5.74) is 1.34. The van der Waals surface area contributed by atoms with Gasteiger partial charge in [-0.3, -0.25) is 0 Å². The zero-order valence-electron chi connectivity index (χ0n) is 11.2. The Bertz CT molecular complexity index is 404. The molecule has 18 heavy (non-hydrogen) atoms. The molecule has 2 aliphatic rings. The summed E-state index contributed by atoms with van der Waals surface area (Å²) in [7, 11) is 1.76. The predicted octanol–water partition coefficient (Wildman–Crippen LogP) is 3.16. The Kier molecular flexibility index (Phi) is 3.55. The standard InChI is InChI=1S/C16H23NO/c1-18-16-8-3-2-5-13(16)11-14-10-9-12-6-4-7-15(12)17-14/h2-3,5,8,12,14-15,17H,4,6-7,9-11H2,1H3. The highest BCUT2D eigenvalue weighted by Gasteiger charge is 2.33. The Labute approximate surface area is 110 Å². The molecular formula is C16H23NO. The summed E-state index contributed by atoms with van der Waals surface area (Å²) in [4.78, 5) is 0. The van der Waals surface area contributed by atoms with E-state index in [0.29, 0.717) is 6.04 Å². The number of ether oxygens (including phenoxy) is 1. The van der Waals surface area contributed by atoms with Gasteiger partial charge in [0.05, 0.1) is 7.11 Å². The van der Waals surface area contributed by atoms with E-state index in [-0.39, 0.29) is 0 Å². The van der Waals surface area contributed by atoms with Crippen LogP contribution in [0.2, 0.25) is 0 Å². The van der Waals surface area contributed by atoms with Crippen LogP contribution >= 0.6 is 0 Å². The smallest absolute Gasteiger partial charge is 0.122 e. The Hall–Kier alpha value is -1.02. The van der Waals surface area contributed by atoms with Crippen LogP contribution in [-0.2, 0) is 6.42 Å². The first kappa shape index (κ1) is 12.0. The molecule has 1 N–H and O–H groups in total. The maximum Gasteiger partial charge on any atom is 0.122 e. The van der Waals surface area contributed by atoms with Crippen LogP contribution in [-0.4, -0.2) is 19.2 Å². The second-order valence-electron chi connectivity index (χ2n) is 5.75. The first-order valence-corrected chi connectivity index (χ1v) is 7.25. The molecule has 0 bridgehead atoms. The third kappa shape index (κ3) is 2.39. The molecule has 0 radical (unpaired) electrons. The highest BCUT2D eigenvalue weighted by Crippen LogP contribution is 2.34. The number of hydrogen-bond donors (Lipinski definition) is 1. The third-order valence-electron chi connectivity index (χ3n) is 4.65. The molecule has 2 fully saturated rings. The summed E-state index contributed by atoms with van der Waals surface area (Å²) in [5.74, 6) is 1.99. The van der Waals surface area contributed by atoms with Crippen molar-refractivity contribution in [2.75, 3.05) is 7.11 Å². The van der Waals surface area contributed by atoms with Crippen molar-refractivity contribution in [3.63, 3.8) is 0 Å². The van der Waals surface area contributed by atoms with Crippen LogP contribution < -0.4 is 10.1 Å².